The van der Waals surface area contributed by atoms with E-state index in [2.05, 4.69) is 15.2 Å². The molecule has 4 aromatic rings. The van der Waals surface area contributed by atoms with Gasteiger partial charge >= 0.3 is 29.6 Å². The summed E-state index contributed by atoms with van der Waals surface area (Å²) in [4.78, 5) is 4.22. The number of nitrogen functional groups attached to an aromatic ring is 1. The van der Waals surface area contributed by atoms with Crippen molar-refractivity contribution in [3.05, 3.63) is 78.0 Å². The Morgan fingerprint density at radius 3 is 2.16 bits per heavy atom. The number of aromatic nitrogens is 1. The zero-order valence-corrected chi connectivity index (χ0v) is 17.8. The number of hydrogen-bond donors (Lipinski definition) is 2. The summed E-state index contributed by atoms with van der Waals surface area (Å²) in [6.45, 7) is 4.07. The number of pyridine rings is 1. The van der Waals surface area contributed by atoms with Gasteiger partial charge in [-0.05, 0) is 43.2 Å². The molecule has 158 valence electrons. The maximum atomic E-state index is 11.8. The van der Waals surface area contributed by atoms with Crippen LogP contribution in [0.5, 0.6) is 0 Å². The Hall–Kier alpha value is -2.62. The summed E-state index contributed by atoms with van der Waals surface area (Å²) < 4.78 is 33.3. The van der Waals surface area contributed by atoms with E-state index in [1.807, 2.05) is 38.1 Å². The molecule has 32 heavy (non-hydrogen) atoms. The molecular formula is C23H21N4NaO3S. The minimum atomic E-state index is -4.47. The van der Waals surface area contributed by atoms with Gasteiger partial charge in [0.25, 0.3) is 10.1 Å². The summed E-state index contributed by atoms with van der Waals surface area (Å²) in [7, 11) is -4.47. The van der Waals surface area contributed by atoms with Crippen LogP contribution in [0.15, 0.2) is 82.0 Å². The number of azo groups is 1. The van der Waals surface area contributed by atoms with Crippen LogP contribution in [0.25, 0.3) is 22.0 Å². The molecule has 0 spiro atoms. The quantitative estimate of drug-likeness (QED) is 0.191. The van der Waals surface area contributed by atoms with Crippen molar-refractivity contribution >= 4 is 67.5 Å². The Morgan fingerprint density at radius 2 is 1.56 bits per heavy atom. The van der Waals surface area contributed by atoms with Gasteiger partial charge in [-0.1, -0.05) is 42.5 Å². The first-order valence-electron chi connectivity index (χ1n) is 9.49. The SMILES string of the molecule is Cc1cccc(C)c1-c1ccc(N=Nc2cc(S(=O)(=O)O)c3ccccc3c2N)cn1.[NaH]. The molecule has 0 fully saturated rings. The van der Waals surface area contributed by atoms with Gasteiger partial charge in [-0.2, -0.15) is 8.42 Å². The Kier molecular flexibility index (Phi) is 7.12. The second kappa shape index (κ2) is 9.48. The summed E-state index contributed by atoms with van der Waals surface area (Å²) in [5.41, 5.74) is 11.2. The van der Waals surface area contributed by atoms with E-state index in [9.17, 15) is 13.0 Å². The number of nitrogens with two attached hydrogens (primary N) is 1. The second-order valence-corrected chi connectivity index (χ2v) is 8.59. The summed E-state index contributed by atoms with van der Waals surface area (Å²) >= 11 is 0. The van der Waals surface area contributed by atoms with E-state index in [0.29, 0.717) is 16.5 Å². The summed E-state index contributed by atoms with van der Waals surface area (Å²) in [6, 6.07) is 17.6. The number of fused-ring (bicyclic) bond motifs is 1. The first-order valence-corrected chi connectivity index (χ1v) is 10.9. The molecule has 0 saturated heterocycles. The molecule has 1 aromatic heterocycles. The van der Waals surface area contributed by atoms with Gasteiger partial charge in [-0.15, -0.1) is 10.2 Å². The summed E-state index contributed by atoms with van der Waals surface area (Å²) in [6.07, 6.45) is 1.59. The van der Waals surface area contributed by atoms with E-state index in [-0.39, 0.29) is 45.8 Å². The van der Waals surface area contributed by atoms with E-state index < -0.39 is 10.1 Å². The molecular weight excluding hydrogens is 435 g/mol. The van der Waals surface area contributed by atoms with Crippen molar-refractivity contribution in [2.75, 3.05) is 5.73 Å². The molecule has 3 N–H and O–H groups in total. The van der Waals surface area contributed by atoms with Crippen LogP contribution >= 0.6 is 0 Å². The number of hydrogen-bond acceptors (Lipinski definition) is 6. The molecule has 0 unspecified atom stereocenters. The van der Waals surface area contributed by atoms with Crippen LogP contribution in [0.3, 0.4) is 0 Å². The maximum absolute atomic E-state index is 11.8. The topological polar surface area (TPSA) is 118 Å². The molecule has 4 rings (SSSR count). The number of benzene rings is 3. The van der Waals surface area contributed by atoms with Crippen LogP contribution in [-0.4, -0.2) is 47.5 Å². The molecule has 7 nitrogen and oxygen atoms in total. The van der Waals surface area contributed by atoms with E-state index in [1.54, 1.807) is 36.5 Å². The molecule has 0 bridgehead atoms. The second-order valence-electron chi connectivity index (χ2n) is 7.20. The Labute approximate surface area is 208 Å². The third kappa shape index (κ3) is 4.74. The van der Waals surface area contributed by atoms with Crippen molar-refractivity contribution in [1.82, 2.24) is 4.98 Å². The van der Waals surface area contributed by atoms with Crippen LogP contribution < -0.4 is 5.73 Å². The third-order valence-corrected chi connectivity index (χ3v) is 5.96. The van der Waals surface area contributed by atoms with Crippen LogP contribution in [-0.2, 0) is 10.1 Å². The monoisotopic (exact) mass is 456 g/mol. The average Bonchev–Trinajstić information content (AvgIpc) is 2.73. The molecule has 0 aliphatic rings. The van der Waals surface area contributed by atoms with Crippen LogP contribution in [0.1, 0.15) is 11.1 Å². The van der Waals surface area contributed by atoms with Gasteiger partial charge < -0.3 is 5.73 Å². The predicted molar refractivity (Wildman–Crippen MR) is 129 cm³/mol. The van der Waals surface area contributed by atoms with Gasteiger partial charge in [0.05, 0.1) is 17.6 Å². The zero-order valence-electron chi connectivity index (χ0n) is 16.9. The Bertz CT molecular complexity index is 1420. The molecule has 0 radical (unpaired) electrons. The standard InChI is InChI=1S/C23H20N4O3S.Na.H/c1-14-6-5-7-15(2)22(14)19-11-10-16(13-25-19)26-27-20-12-21(31(28,29)30)17-8-3-4-9-18(17)23(20)24;;/h3-13H,24H2,1-2H3,(H,28,29,30);;. The van der Waals surface area contributed by atoms with Gasteiger partial charge in [0.15, 0.2) is 0 Å². The number of rotatable bonds is 4. The zero-order chi connectivity index (χ0) is 22.2. The molecule has 9 heteroatoms. The summed E-state index contributed by atoms with van der Waals surface area (Å²) in [5, 5.41) is 9.06. The fraction of sp³-hybridized carbons (Fsp3) is 0.0870. The van der Waals surface area contributed by atoms with Crippen molar-refractivity contribution in [3.63, 3.8) is 0 Å². The van der Waals surface area contributed by atoms with Crippen molar-refractivity contribution in [1.29, 1.82) is 0 Å². The van der Waals surface area contributed by atoms with Crippen LogP contribution in [0.4, 0.5) is 17.1 Å². The van der Waals surface area contributed by atoms with Gasteiger partial charge in [-0.25, -0.2) is 0 Å². The molecule has 0 aliphatic carbocycles. The van der Waals surface area contributed by atoms with Crippen molar-refractivity contribution in [2.24, 2.45) is 10.2 Å². The molecule has 3 aromatic carbocycles. The average molecular weight is 457 g/mol. The van der Waals surface area contributed by atoms with E-state index in [1.165, 1.54) is 6.07 Å². The normalized spacial score (nSPS) is 11.6. The third-order valence-electron chi connectivity index (χ3n) is 5.06. The Morgan fingerprint density at radius 1 is 0.906 bits per heavy atom. The van der Waals surface area contributed by atoms with Crippen molar-refractivity contribution in [3.8, 4) is 11.3 Å². The molecule has 0 saturated carbocycles. The summed E-state index contributed by atoms with van der Waals surface area (Å²) in [5.74, 6) is 0. The first-order chi connectivity index (χ1) is 14.8. The Balaban J connectivity index is 0.00000289. The van der Waals surface area contributed by atoms with E-state index in [0.717, 1.165) is 22.4 Å². The fourth-order valence-corrected chi connectivity index (χ4v) is 4.29. The first kappa shape index (κ1) is 24.0. The molecule has 1 heterocycles. The van der Waals surface area contributed by atoms with Gasteiger partial charge in [0, 0.05) is 16.3 Å². The molecule has 0 atom stereocenters. The van der Waals surface area contributed by atoms with Gasteiger partial charge in [0.1, 0.15) is 16.3 Å². The number of nitrogens with zero attached hydrogens (tertiary/aromatic N) is 3. The fourth-order valence-electron chi connectivity index (χ4n) is 3.57. The van der Waals surface area contributed by atoms with Gasteiger partial charge in [0.2, 0.25) is 0 Å². The van der Waals surface area contributed by atoms with Crippen LogP contribution in [0, 0.1) is 13.8 Å². The predicted octanol–water partition coefficient (Wildman–Crippen LogP) is 5.11. The molecule has 0 amide bonds. The van der Waals surface area contributed by atoms with Crippen LogP contribution in [0.2, 0.25) is 0 Å². The van der Waals surface area contributed by atoms with Crippen molar-refractivity contribution in [2.45, 2.75) is 18.7 Å². The van der Waals surface area contributed by atoms with E-state index in [4.69, 9.17) is 5.73 Å². The molecule has 0 aliphatic heterocycles. The number of anilines is 1. The van der Waals surface area contributed by atoms with E-state index >= 15 is 0 Å². The minimum absolute atomic E-state index is 0. The van der Waals surface area contributed by atoms with Gasteiger partial charge in [-0.3, -0.25) is 9.54 Å². The number of aryl methyl sites for hydroxylation is 2. The van der Waals surface area contributed by atoms with Crippen molar-refractivity contribution < 1.29 is 13.0 Å².